The molecule has 5 nitrogen and oxygen atoms in total. The number of rotatable bonds is 6. The van der Waals surface area contributed by atoms with Gasteiger partial charge in [0.15, 0.2) is 0 Å². The minimum atomic E-state index is -0.898. The van der Waals surface area contributed by atoms with Gasteiger partial charge in [0.05, 0.1) is 6.42 Å². The van der Waals surface area contributed by atoms with E-state index in [-0.39, 0.29) is 19.0 Å². The number of amides is 2. The molecule has 0 bridgehead atoms. The summed E-state index contributed by atoms with van der Waals surface area (Å²) < 4.78 is 0. The molecular formula is C10H18N2O3. The number of hydrogen-bond acceptors (Lipinski definition) is 2. The van der Waals surface area contributed by atoms with E-state index in [1.165, 1.54) is 0 Å². The van der Waals surface area contributed by atoms with E-state index in [2.05, 4.69) is 17.6 Å². The minimum absolute atomic E-state index is 0.0313. The van der Waals surface area contributed by atoms with E-state index in [4.69, 9.17) is 5.11 Å². The Morgan fingerprint density at radius 2 is 2.20 bits per heavy atom. The summed E-state index contributed by atoms with van der Waals surface area (Å²) in [6.45, 7) is 2.31. The minimum Gasteiger partial charge on any atom is -0.481 e. The summed E-state index contributed by atoms with van der Waals surface area (Å²) in [5.41, 5.74) is 0. The molecule has 1 rings (SSSR count). The fourth-order valence-corrected chi connectivity index (χ4v) is 1.62. The average molecular weight is 214 g/mol. The SMILES string of the molecule is CCCC1CC1NC(=O)NCCC(=O)O. The lowest BCUT2D eigenvalue weighted by Crippen LogP contribution is -2.38. The zero-order valence-electron chi connectivity index (χ0n) is 8.95. The molecule has 15 heavy (non-hydrogen) atoms. The molecule has 0 aliphatic heterocycles. The Morgan fingerprint density at radius 1 is 1.47 bits per heavy atom. The van der Waals surface area contributed by atoms with E-state index in [1.54, 1.807) is 0 Å². The summed E-state index contributed by atoms with van der Waals surface area (Å²) in [5.74, 6) is -0.272. The average Bonchev–Trinajstić information content (AvgIpc) is 2.83. The number of nitrogens with one attached hydrogen (secondary N) is 2. The normalized spacial score (nSPS) is 23.3. The Bertz CT molecular complexity index is 243. The molecule has 0 spiro atoms. The van der Waals surface area contributed by atoms with Gasteiger partial charge < -0.3 is 15.7 Å². The smallest absolute Gasteiger partial charge is 0.315 e. The molecule has 1 fully saturated rings. The van der Waals surface area contributed by atoms with Crippen LogP contribution in [-0.2, 0) is 4.79 Å². The fourth-order valence-electron chi connectivity index (χ4n) is 1.62. The number of carboxylic acids is 1. The lowest BCUT2D eigenvalue weighted by Gasteiger charge is -2.05. The van der Waals surface area contributed by atoms with Crippen molar-refractivity contribution in [3.63, 3.8) is 0 Å². The second-order valence-corrected chi connectivity index (χ2v) is 3.93. The van der Waals surface area contributed by atoms with Gasteiger partial charge in [0.1, 0.15) is 0 Å². The van der Waals surface area contributed by atoms with E-state index in [9.17, 15) is 9.59 Å². The van der Waals surface area contributed by atoms with Crippen LogP contribution < -0.4 is 10.6 Å². The Kier molecular flexibility index (Phi) is 4.39. The molecule has 3 N–H and O–H groups in total. The lowest BCUT2D eigenvalue weighted by molar-refractivity contribution is -0.136. The summed E-state index contributed by atoms with van der Waals surface area (Å²) in [6, 6.07) is 0.0506. The summed E-state index contributed by atoms with van der Waals surface area (Å²) in [4.78, 5) is 21.4. The molecule has 86 valence electrons. The first-order chi connectivity index (χ1) is 7.13. The highest BCUT2D eigenvalue weighted by atomic mass is 16.4. The molecule has 0 saturated heterocycles. The topological polar surface area (TPSA) is 78.4 Å². The quantitative estimate of drug-likeness (QED) is 0.616. The molecular weight excluding hydrogens is 196 g/mol. The van der Waals surface area contributed by atoms with Crippen molar-refractivity contribution in [3.8, 4) is 0 Å². The Morgan fingerprint density at radius 3 is 2.80 bits per heavy atom. The Hall–Kier alpha value is -1.26. The predicted molar refractivity (Wildman–Crippen MR) is 55.6 cm³/mol. The second kappa shape index (κ2) is 5.58. The highest BCUT2D eigenvalue weighted by molar-refractivity contribution is 5.75. The molecule has 0 aromatic carbocycles. The van der Waals surface area contributed by atoms with Crippen molar-refractivity contribution >= 4 is 12.0 Å². The number of urea groups is 1. The van der Waals surface area contributed by atoms with Crippen LogP contribution in [0.4, 0.5) is 4.79 Å². The van der Waals surface area contributed by atoms with Gasteiger partial charge >= 0.3 is 12.0 Å². The van der Waals surface area contributed by atoms with Crippen molar-refractivity contribution in [1.82, 2.24) is 10.6 Å². The maximum absolute atomic E-state index is 11.2. The Labute approximate surface area is 89.2 Å². The fraction of sp³-hybridized carbons (Fsp3) is 0.800. The van der Waals surface area contributed by atoms with Gasteiger partial charge in [-0.05, 0) is 18.8 Å². The van der Waals surface area contributed by atoms with Crippen LogP contribution in [0.5, 0.6) is 0 Å². The molecule has 2 amide bonds. The van der Waals surface area contributed by atoms with Crippen LogP contribution in [0.25, 0.3) is 0 Å². The van der Waals surface area contributed by atoms with Crippen LogP contribution in [0, 0.1) is 5.92 Å². The maximum Gasteiger partial charge on any atom is 0.315 e. The first-order valence-electron chi connectivity index (χ1n) is 5.39. The van der Waals surface area contributed by atoms with Crippen LogP contribution in [0.2, 0.25) is 0 Å². The number of carbonyl (C=O) groups is 2. The number of aliphatic carboxylic acids is 1. The van der Waals surface area contributed by atoms with Gasteiger partial charge in [0.25, 0.3) is 0 Å². The van der Waals surface area contributed by atoms with Gasteiger partial charge in [0, 0.05) is 12.6 Å². The molecule has 2 atom stereocenters. The molecule has 0 aromatic heterocycles. The van der Waals surface area contributed by atoms with Crippen molar-refractivity contribution in [2.45, 2.75) is 38.6 Å². The van der Waals surface area contributed by atoms with E-state index in [0.717, 1.165) is 19.3 Å². The molecule has 0 radical (unpaired) electrons. The lowest BCUT2D eigenvalue weighted by atomic mass is 10.2. The molecule has 0 heterocycles. The van der Waals surface area contributed by atoms with Gasteiger partial charge in [-0.2, -0.15) is 0 Å². The third-order valence-electron chi connectivity index (χ3n) is 2.52. The van der Waals surface area contributed by atoms with Gasteiger partial charge in [-0.25, -0.2) is 4.79 Å². The molecule has 0 aromatic rings. The van der Waals surface area contributed by atoms with Crippen molar-refractivity contribution < 1.29 is 14.7 Å². The number of hydrogen-bond donors (Lipinski definition) is 3. The van der Waals surface area contributed by atoms with Crippen molar-refractivity contribution in [2.75, 3.05) is 6.54 Å². The number of carboxylic acid groups (broad SMARTS) is 1. The second-order valence-electron chi connectivity index (χ2n) is 3.93. The summed E-state index contributed by atoms with van der Waals surface area (Å²) in [6.07, 6.45) is 3.32. The monoisotopic (exact) mass is 214 g/mol. The molecule has 1 aliphatic carbocycles. The van der Waals surface area contributed by atoms with Crippen LogP contribution >= 0.6 is 0 Å². The van der Waals surface area contributed by atoms with Gasteiger partial charge in [-0.3, -0.25) is 4.79 Å². The number of carbonyl (C=O) groups excluding carboxylic acids is 1. The first-order valence-corrected chi connectivity index (χ1v) is 5.39. The predicted octanol–water partition coefficient (Wildman–Crippen LogP) is 0.949. The summed E-state index contributed by atoms with van der Waals surface area (Å²) in [7, 11) is 0. The highest BCUT2D eigenvalue weighted by Crippen LogP contribution is 2.34. The van der Waals surface area contributed by atoms with E-state index in [1.807, 2.05) is 0 Å². The van der Waals surface area contributed by atoms with Gasteiger partial charge in [-0.15, -0.1) is 0 Å². The van der Waals surface area contributed by atoms with E-state index in [0.29, 0.717) is 12.0 Å². The standard InChI is InChI=1S/C10H18N2O3/c1-2-3-7-6-8(7)12-10(15)11-5-4-9(13)14/h7-8H,2-6H2,1H3,(H,13,14)(H2,11,12,15). The summed E-state index contributed by atoms with van der Waals surface area (Å²) >= 11 is 0. The van der Waals surface area contributed by atoms with Crippen molar-refractivity contribution in [1.29, 1.82) is 0 Å². The van der Waals surface area contributed by atoms with Crippen LogP contribution in [-0.4, -0.2) is 29.7 Å². The van der Waals surface area contributed by atoms with Crippen LogP contribution in [0.1, 0.15) is 32.6 Å². The van der Waals surface area contributed by atoms with Crippen molar-refractivity contribution in [2.24, 2.45) is 5.92 Å². The first kappa shape index (κ1) is 11.8. The van der Waals surface area contributed by atoms with Crippen LogP contribution in [0.15, 0.2) is 0 Å². The Balaban J connectivity index is 2.02. The van der Waals surface area contributed by atoms with Crippen molar-refractivity contribution in [3.05, 3.63) is 0 Å². The third kappa shape index (κ3) is 4.67. The maximum atomic E-state index is 11.2. The summed E-state index contributed by atoms with van der Waals surface area (Å²) in [5, 5.41) is 13.7. The van der Waals surface area contributed by atoms with Gasteiger partial charge in [-0.1, -0.05) is 13.3 Å². The largest absolute Gasteiger partial charge is 0.481 e. The van der Waals surface area contributed by atoms with Gasteiger partial charge in [0.2, 0.25) is 0 Å². The molecule has 1 saturated carbocycles. The van der Waals surface area contributed by atoms with E-state index < -0.39 is 5.97 Å². The zero-order valence-corrected chi connectivity index (χ0v) is 8.95. The van der Waals surface area contributed by atoms with E-state index >= 15 is 0 Å². The molecule has 2 unspecified atom stereocenters. The third-order valence-corrected chi connectivity index (χ3v) is 2.52. The van der Waals surface area contributed by atoms with Crippen LogP contribution in [0.3, 0.4) is 0 Å². The highest BCUT2D eigenvalue weighted by Gasteiger charge is 2.36. The zero-order chi connectivity index (χ0) is 11.3. The molecule has 1 aliphatic rings. The molecule has 5 heteroatoms.